The molecule has 0 atom stereocenters. The number of ether oxygens (including phenoxy) is 2. The minimum absolute atomic E-state index is 0.127. The van der Waals surface area contributed by atoms with E-state index < -0.39 is 17.9 Å². The highest BCUT2D eigenvalue weighted by Gasteiger charge is 2.34. The van der Waals surface area contributed by atoms with Crippen molar-refractivity contribution in [2.45, 2.75) is 6.92 Å². The van der Waals surface area contributed by atoms with Crippen LogP contribution in [-0.4, -0.2) is 31.1 Å². The number of carbonyl (C=O) groups excluding carboxylic acids is 3. The van der Waals surface area contributed by atoms with Crippen LogP contribution < -0.4 is 15.0 Å². The van der Waals surface area contributed by atoms with Crippen molar-refractivity contribution in [2.24, 2.45) is 0 Å². The molecule has 1 N–H and O–H groups in total. The van der Waals surface area contributed by atoms with Gasteiger partial charge < -0.3 is 14.8 Å². The Morgan fingerprint density at radius 3 is 2.72 bits per heavy atom. The van der Waals surface area contributed by atoms with E-state index >= 15 is 0 Å². The van der Waals surface area contributed by atoms with Gasteiger partial charge in [-0.1, -0.05) is 23.7 Å². The number of nitrogens with zero attached hydrogens (tertiary/aromatic N) is 1. The molecule has 1 saturated heterocycles. The smallest absolute Gasteiger partial charge is 0.344 e. The minimum Gasteiger partial charge on any atom is -0.481 e. The fraction of sp³-hybridized carbons (Fsp3) is 0.150. The SMILES string of the molecule is CCOC(=O)COc1ccc(C=C2NC(=O)N(c3cccc(Cl)c3)C2=O)cc1Br. The van der Waals surface area contributed by atoms with Crippen molar-refractivity contribution in [3.63, 3.8) is 0 Å². The van der Waals surface area contributed by atoms with E-state index in [1.165, 1.54) is 6.07 Å². The summed E-state index contributed by atoms with van der Waals surface area (Å²) >= 11 is 9.31. The molecule has 150 valence electrons. The van der Waals surface area contributed by atoms with Gasteiger partial charge in [0.15, 0.2) is 6.61 Å². The molecular weight excluding hydrogens is 464 g/mol. The maximum Gasteiger partial charge on any atom is 0.344 e. The highest BCUT2D eigenvalue weighted by molar-refractivity contribution is 9.10. The molecule has 2 aromatic carbocycles. The van der Waals surface area contributed by atoms with E-state index in [2.05, 4.69) is 21.2 Å². The number of benzene rings is 2. The second-order valence-corrected chi connectivity index (χ2v) is 7.18. The van der Waals surface area contributed by atoms with Gasteiger partial charge in [-0.15, -0.1) is 0 Å². The minimum atomic E-state index is -0.558. The van der Waals surface area contributed by atoms with Gasteiger partial charge in [-0.2, -0.15) is 0 Å². The molecule has 29 heavy (non-hydrogen) atoms. The molecule has 0 saturated carbocycles. The van der Waals surface area contributed by atoms with Crippen LogP contribution in [0.1, 0.15) is 12.5 Å². The number of imide groups is 1. The first-order chi connectivity index (χ1) is 13.9. The molecule has 0 unspecified atom stereocenters. The molecule has 3 rings (SSSR count). The van der Waals surface area contributed by atoms with E-state index in [0.29, 0.717) is 26.5 Å². The summed E-state index contributed by atoms with van der Waals surface area (Å²) in [6.45, 7) is 1.78. The zero-order valence-corrected chi connectivity index (χ0v) is 17.6. The van der Waals surface area contributed by atoms with Crippen LogP contribution in [0.3, 0.4) is 0 Å². The molecule has 0 bridgehead atoms. The molecule has 2 aromatic rings. The molecule has 3 amide bonds. The van der Waals surface area contributed by atoms with Gasteiger partial charge in [0.25, 0.3) is 5.91 Å². The van der Waals surface area contributed by atoms with Gasteiger partial charge in [-0.25, -0.2) is 14.5 Å². The lowest BCUT2D eigenvalue weighted by atomic mass is 10.2. The maximum atomic E-state index is 12.7. The van der Waals surface area contributed by atoms with Gasteiger partial charge in [0.2, 0.25) is 0 Å². The summed E-state index contributed by atoms with van der Waals surface area (Å²) in [5, 5.41) is 2.98. The predicted octanol–water partition coefficient (Wildman–Crippen LogP) is 4.14. The van der Waals surface area contributed by atoms with E-state index in [-0.39, 0.29) is 18.9 Å². The number of hydrogen-bond acceptors (Lipinski definition) is 5. The quantitative estimate of drug-likeness (QED) is 0.382. The van der Waals surface area contributed by atoms with Crippen LogP contribution in [0.25, 0.3) is 6.08 Å². The molecule has 0 aromatic heterocycles. The monoisotopic (exact) mass is 478 g/mol. The first kappa shape index (κ1) is 20.9. The third kappa shape index (κ3) is 4.96. The van der Waals surface area contributed by atoms with Crippen molar-refractivity contribution < 1.29 is 23.9 Å². The van der Waals surface area contributed by atoms with Crippen LogP contribution in [0.15, 0.2) is 52.6 Å². The molecule has 7 nitrogen and oxygen atoms in total. The van der Waals surface area contributed by atoms with Gasteiger partial charge in [-0.05, 0) is 64.8 Å². The van der Waals surface area contributed by atoms with Crippen molar-refractivity contribution in [3.05, 3.63) is 63.2 Å². The third-order valence-electron chi connectivity index (χ3n) is 3.86. The Morgan fingerprint density at radius 1 is 1.24 bits per heavy atom. The van der Waals surface area contributed by atoms with Crippen molar-refractivity contribution >= 4 is 57.2 Å². The molecule has 0 aliphatic carbocycles. The van der Waals surface area contributed by atoms with Gasteiger partial charge in [0, 0.05) is 5.02 Å². The van der Waals surface area contributed by atoms with Crippen molar-refractivity contribution in [3.8, 4) is 5.75 Å². The average Bonchev–Trinajstić information content (AvgIpc) is 2.94. The maximum absolute atomic E-state index is 12.7. The molecule has 0 spiro atoms. The van der Waals surface area contributed by atoms with Crippen molar-refractivity contribution in [1.29, 1.82) is 0 Å². The van der Waals surface area contributed by atoms with E-state index in [4.69, 9.17) is 21.1 Å². The number of anilines is 1. The molecule has 0 radical (unpaired) electrons. The summed E-state index contributed by atoms with van der Waals surface area (Å²) in [7, 11) is 0. The van der Waals surface area contributed by atoms with Crippen LogP contribution in [0.5, 0.6) is 5.75 Å². The van der Waals surface area contributed by atoms with Crippen LogP contribution in [-0.2, 0) is 14.3 Å². The second-order valence-electron chi connectivity index (χ2n) is 5.89. The fourth-order valence-electron chi connectivity index (χ4n) is 2.61. The van der Waals surface area contributed by atoms with Crippen molar-refractivity contribution in [1.82, 2.24) is 5.32 Å². The van der Waals surface area contributed by atoms with Crippen LogP contribution in [0.2, 0.25) is 5.02 Å². The summed E-state index contributed by atoms with van der Waals surface area (Å²) in [4.78, 5) is 37.3. The van der Waals surface area contributed by atoms with Gasteiger partial charge in [0.1, 0.15) is 11.4 Å². The number of amides is 3. The number of hydrogen-bond donors (Lipinski definition) is 1. The third-order valence-corrected chi connectivity index (χ3v) is 4.72. The Bertz CT molecular complexity index is 1010. The lowest BCUT2D eigenvalue weighted by Gasteiger charge is -2.11. The normalized spacial score (nSPS) is 14.9. The fourth-order valence-corrected chi connectivity index (χ4v) is 3.31. The lowest BCUT2D eigenvalue weighted by molar-refractivity contribution is -0.145. The average molecular weight is 480 g/mol. The summed E-state index contributed by atoms with van der Waals surface area (Å²) in [6, 6.07) is 11.0. The number of nitrogens with one attached hydrogen (secondary N) is 1. The first-order valence-electron chi connectivity index (χ1n) is 8.59. The number of rotatable bonds is 6. The largest absolute Gasteiger partial charge is 0.481 e. The van der Waals surface area contributed by atoms with Crippen LogP contribution in [0.4, 0.5) is 10.5 Å². The van der Waals surface area contributed by atoms with E-state index in [1.54, 1.807) is 49.4 Å². The highest BCUT2D eigenvalue weighted by Crippen LogP contribution is 2.28. The summed E-state index contributed by atoms with van der Waals surface area (Å²) in [5.41, 5.74) is 1.16. The van der Waals surface area contributed by atoms with Gasteiger partial charge >= 0.3 is 12.0 Å². The summed E-state index contributed by atoms with van der Waals surface area (Å²) in [5.74, 6) is -0.510. The van der Waals surface area contributed by atoms with Crippen LogP contribution >= 0.6 is 27.5 Å². The Morgan fingerprint density at radius 2 is 2.03 bits per heavy atom. The molecule has 9 heteroatoms. The molecule has 1 aliphatic heterocycles. The topological polar surface area (TPSA) is 84.9 Å². The van der Waals surface area contributed by atoms with Crippen LogP contribution in [0, 0.1) is 0 Å². The standard InChI is InChI=1S/C20H16BrClN2O5/c1-2-28-18(25)11-29-17-7-6-12(8-15(17)21)9-16-19(26)24(20(27)23-16)14-5-3-4-13(22)10-14/h3-10H,2,11H2,1H3,(H,23,27). The zero-order chi connectivity index (χ0) is 21.0. The van der Waals surface area contributed by atoms with Gasteiger partial charge in [-0.3, -0.25) is 4.79 Å². The van der Waals surface area contributed by atoms with E-state index in [1.807, 2.05) is 0 Å². The second kappa shape index (κ2) is 9.11. The highest BCUT2D eigenvalue weighted by atomic mass is 79.9. The number of carbonyl (C=O) groups is 3. The number of halogens is 2. The van der Waals surface area contributed by atoms with E-state index in [9.17, 15) is 14.4 Å². The molecule has 1 aliphatic rings. The summed E-state index contributed by atoms with van der Waals surface area (Å²) < 4.78 is 10.8. The Balaban J connectivity index is 1.76. The number of urea groups is 1. The number of esters is 1. The van der Waals surface area contributed by atoms with Crippen molar-refractivity contribution in [2.75, 3.05) is 18.1 Å². The molecule has 1 heterocycles. The van der Waals surface area contributed by atoms with Gasteiger partial charge in [0.05, 0.1) is 16.8 Å². The lowest BCUT2D eigenvalue weighted by Crippen LogP contribution is -2.30. The summed E-state index contributed by atoms with van der Waals surface area (Å²) in [6.07, 6.45) is 1.55. The molecule has 1 fully saturated rings. The first-order valence-corrected chi connectivity index (χ1v) is 9.77. The Kier molecular flexibility index (Phi) is 6.56. The zero-order valence-electron chi connectivity index (χ0n) is 15.3. The Hall–Kier alpha value is -2.84. The molecular formula is C20H16BrClN2O5. The predicted molar refractivity (Wildman–Crippen MR) is 112 cm³/mol. The Labute approximate surface area is 180 Å². The van der Waals surface area contributed by atoms with E-state index in [0.717, 1.165) is 4.90 Å².